The molecule has 0 amide bonds. The molecule has 1 aromatic rings. The van der Waals surface area contributed by atoms with Crippen molar-refractivity contribution >= 4 is 17.7 Å². The Morgan fingerprint density at radius 1 is 1.48 bits per heavy atom. The second-order valence-electron chi connectivity index (χ2n) is 5.26. The summed E-state index contributed by atoms with van der Waals surface area (Å²) in [7, 11) is 0. The van der Waals surface area contributed by atoms with Crippen molar-refractivity contribution in [2.24, 2.45) is 0 Å². The lowest BCUT2D eigenvalue weighted by molar-refractivity contribution is -0.133. The molecule has 118 valence electrons. The molecule has 1 atom stereocenters. The predicted octanol–water partition coefficient (Wildman–Crippen LogP) is 2.37. The summed E-state index contributed by atoms with van der Waals surface area (Å²) in [6, 6.07) is 0. The van der Waals surface area contributed by atoms with E-state index in [0.717, 1.165) is 44.7 Å². The molecule has 1 saturated heterocycles. The second-order valence-corrected chi connectivity index (χ2v) is 6.20. The van der Waals surface area contributed by atoms with Crippen molar-refractivity contribution in [1.82, 2.24) is 14.8 Å². The molecule has 0 spiro atoms. The maximum atomic E-state index is 10.7. The fourth-order valence-electron chi connectivity index (χ4n) is 2.51. The van der Waals surface area contributed by atoms with Crippen LogP contribution in [0, 0.1) is 0 Å². The van der Waals surface area contributed by atoms with E-state index >= 15 is 0 Å². The predicted molar refractivity (Wildman–Crippen MR) is 80.6 cm³/mol. The summed E-state index contributed by atoms with van der Waals surface area (Å²) in [6.45, 7) is 3.79. The van der Waals surface area contributed by atoms with Crippen molar-refractivity contribution in [3.8, 4) is 0 Å². The molecule has 1 unspecified atom stereocenters. The van der Waals surface area contributed by atoms with Crippen molar-refractivity contribution in [1.29, 1.82) is 0 Å². The summed E-state index contributed by atoms with van der Waals surface area (Å²) >= 11 is 1.24. The van der Waals surface area contributed by atoms with Gasteiger partial charge in [-0.15, -0.1) is 10.2 Å². The van der Waals surface area contributed by atoms with Crippen LogP contribution in [0.3, 0.4) is 0 Å². The Morgan fingerprint density at radius 2 is 2.33 bits per heavy atom. The van der Waals surface area contributed by atoms with Crippen molar-refractivity contribution in [2.75, 3.05) is 12.4 Å². The van der Waals surface area contributed by atoms with Crippen LogP contribution in [-0.2, 0) is 22.5 Å². The third-order valence-corrected chi connectivity index (χ3v) is 4.48. The van der Waals surface area contributed by atoms with E-state index in [1.807, 2.05) is 0 Å². The van der Waals surface area contributed by atoms with Crippen LogP contribution in [0.25, 0.3) is 0 Å². The first-order chi connectivity index (χ1) is 10.2. The highest BCUT2D eigenvalue weighted by Gasteiger charge is 2.17. The van der Waals surface area contributed by atoms with Crippen molar-refractivity contribution in [3.05, 3.63) is 5.82 Å². The number of aryl methyl sites for hydroxylation is 1. The summed E-state index contributed by atoms with van der Waals surface area (Å²) in [5.41, 5.74) is 0. The lowest BCUT2D eigenvalue weighted by Crippen LogP contribution is -2.20. The molecule has 1 aliphatic heterocycles. The van der Waals surface area contributed by atoms with Gasteiger partial charge < -0.3 is 14.4 Å². The molecule has 21 heavy (non-hydrogen) atoms. The molecule has 0 aliphatic carbocycles. The summed E-state index contributed by atoms with van der Waals surface area (Å²) in [4.78, 5) is 10.7. The van der Waals surface area contributed by atoms with Crippen LogP contribution in [0.1, 0.15) is 44.9 Å². The zero-order chi connectivity index (χ0) is 15.1. The molecule has 0 bridgehead atoms. The third kappa shape index (κ3) is 5.00. The first-order valence-electron chi connectivity index (χ1n) is 7.59. The van der Waals surface area contributed by atoms with E-state index in [9.17, 15) is 4.79 Å². The number of thioether (sulfide) groups is 1. The van der Waals surface area contributed by atoms with Crippen LogP contribution in [0.2, 0.25) is 0 Å². The van der Waals surface area contributed by atoms with E-state index in [2.05, 4.69) is 21.7 Å². The average Bonchev–Trinajstić information content (AvgIpc) is 2.87. The van der Waals surface area contributed by atoms with Gasteiger partial charge in [-0.2, -0.15) is 0 Å². The zero-order valence-electron chi connectivity index (χ0n) is 12.5. The molecule has 7 heteroatoms. The summed E-state index contributed by atoms with van der Waals surface area (Å²) in [5, 5.41) is 17.9. The largest absolute Gasteiger partial charge is 0.481 e. The van der Waals surface area contributed by atoms with E-state index in [4.69, 9.17) is 9.84 Å². The molecule has 1 aromatic heterocycles. The standard InChI is InChI=1S/C14H23N3O3S/c1-2-8-17-12(7-6-11-5-3-4-9-20-11)15-16-14(17)21-10-13(18)19/h11H,2-10H2,1H3,(H,18,19). The number of carboxylic acids is 1. The monoisotopic (exact) mass is 313 g/mol. The Balaban J connectivity index is 1.95. The summed E-state index contributed by atoms with van der Waals surface area (Å²) in [5.74, 6) is 0.134. The topological polar surface area (TPSA) is 77.2 Å². The minimum Gasteiger partial charge on any atom is -0.481 e. The maximum Gasteiger partial charge on any atom is 0.313 e. The van der Waals surface area contributed by atoms with Crippen LogP contribution >= 0.6 is 11.8 Å². The summed E-state index contributed by atoms with van der Waals surface area (Å²) in [6.07, 6.45) is 6.65. The van der Waals surface area contributed by atoms with Crippen LogP contribution in [0.4, 0.5) is 0 Å². The van der Waals surface area contributed by atoms with Gasteiger partial charge in [0.2, 0.25) is 0 Å². The van der Waals surface area contributed by atoms with Gasteiger partial charge >= 0.3 is 5.97 Å². The molecule has 0 saturated carbocycles. The van der Waals surface area contributed by atoms with Gasteiger partial charge in [0, 0.05) is 19.6 Å². The van der Waals surface area contributed by atoms with Crippen LogP contribution < -0.4 is 0 Å². The smallest absolute Gasteiger partial charge is 0.313 e. The number of aliphatic carboxylic acids is 1. The van der Waals surface area contributed by atoms with Crippen LogP contribution in [0.5, 0.6) is 0 Å². The highest BCUT2D eigenvalue weighted by Crippen LogP contribution is 2.21. The number of carbonyl (C=O) groups is 1. The van der Waals surface area contributed by atoms with Gasteiger partial charge in [0.1, 0.15) is 5.82 Å². The highest BCUT2D eigenvalue weighted by atomic mass is 32.2. The SMILES string of the molecule is CCCn1c(CCC2CCCCO2)nnc1SCC(=O)O. The van der Waals surface area contributed by atoms with E-state index in [1.54, 1.807) is 0 Å². The first kappa shape index (κ1) is 16.3. The quantitative estimate of drug-likeness (QED) is 0.742. The van der Waals surface area contributed by atoms with Crippen molar-refractivity contribution in [2.45, 2.75) is 63.3 Å². The van der Waals surface area contributed by atoms with Gasteiger partial charge in [0.25, 0.3) is 0 Å². The minimum absolute atomic E-state index is 0.0214. The Kier molecular flexibility index (Phi) is 6.50. The number of hydrogen-bond acceptors (Lipinski definition) is 5. The molecular weight excluding hydrogens is 290 g/mol. The van der Waals surface area contributed by atoms with E-state index in [-0.39, 0.29) is 5.75 Å². The fraction of sp³-hybridized carbons (Fsp3) is 0.786. The highest BCUT2D eigenvalue weighted by molar-refractivity contribution is 7.99. The number of rotatable bonds is 8. The molecule has 2 heterocycles. The maximum absolute atomic E-state index is 10.7. The second kappa shape index (κ2) is 8.38. The Bertz CT molecular complexity index is 458. The molecule has 1 fully saturated rings. The lowest BCUT2D eigenvalue weighted by Gasteiger charge is -2.22. The number of hydrogen-bond donors (Lipinski definition) is 1. The third-order valence-electron chi connectivity index (χ3n) is 3.53. The van der Waals surface area contributed by atoms with E-state index < -0.39 is 5.97 Å². The first-order valence-corrected chi connectivity index (χ1v) is 8.57. The number of ether oxygens (including phenoxy) is 1. The van der Waals surface area contributed by atoms with Gasteiger partial charge in [0.15, 0.2) is 5.16 Å². The minimum atomic E-state index is -0.830. The fourth-order valence-corrected chi connectivity index (χ4v) is 3.21. The molecule has 6 nitrogen and oxygen atoms in total. The number of nitrogens with zero attached hydrogens (tertiary/aromatic N) is 3. The Labute approximate surface area is 129 Å². The molecule has 1 N–H and O–H groups in total. The zero-order valence-corrected chi connectivity index (χ0v) is 13.3. The van der Waals surface area contributed by atoms with Gasteiger partial charge in [-0.25, -0.2) is 0 Å². The van der Waals surface area contributed by atoms with Crippen molar-refractivity contribution in [3.63, 3.8) is 0 Å². The molecule has 0 radical (unpaired) electrons. The van der Waals surface area contributed by atoms with E-state index in [0.29, 0.717) is 11.3 Å². The van der Waals surface area contributed by atoms with E-state index in [1.165, 1.54) is 24.6 Å². The number of aromatic nitrogens is 3. The van der Waals surface area contributed by atoms with Gasteiger partial charge in [-0.05, 0) is 32.1 Å². The van der Waals surface area contributed by atoms with Gasteiger partial charge in [-0.1, -0.05) is 18.7 Å². The molecule has 0 aromatic carbocycles. The molecule has 1 aliphatic rings. The Hall–Kier alpha value is -1.08. The normalized spacial score (nSPS) is 18.8. The molecular formula is C14H23N3O3S. The van der Waals surface area contributed by atoms with Gasteiger partial charge in [-0.3, -0.25) is 4.79 Å². The lowest BCUT2D eigenvalue weighted by atomic mass is 10.0. The van der Waals surface area contributed by atoms with Crippen LogP contribution in [-0.4, -0.2) is 44.3 Å². The Morgan fingerprint density at radius 3 is 3.00 bits per heavy atom. The summed E-state index contributed by atoms with van der Waals surface area (Å²) < 4.78 is 7.80. The average molecular weight is 313 g/mol. The molecule has 2 rings (SSSR count). The van der Waals surface area contributed by atoms with Crippen molar-refractivity contribution < 1.29 is 14.6 Å². The number of carboxylic acid groups (broad SMARTS) is 1. The van der Waals surface area contributed by atoms with Crippen LogP contribution in [0.15, 0.2) is 5.16 Å². The van der Waals surface area contributed by atoms with Gasteiger partial charge in [0.05, 0.1) is 11.9 Å².